The highest BCUT2D eigenvalue weighted by molar-refractivity contribution is 7.98. The van der Waals surface area contributed by atoms with Crippen LogP contribution in [0, 0.1) is 13.8 Å². The van der Waals surface area contributed by atoms with Gasteiger partial charge in [0.25, 0.3) is 0 Å². The van der Waals surface area contributed by atoms with Crippen LogP contribution < -0.4 is 4.74 Å². The van der Waals surface area contributed by atoms with Crippen LogP contribution in [0.15, 0.2) is 72.4 Å². The molecule has 0 aliphatic rings. The Balaban J connectivity index is 1.51. The van der Waals surface area contributed by atoms with Crippen molar-refractivity contribution in [3.8, 4) is 5.75 Å². The van der Waals surface area contributed by atoms with Gasteiger partial charge in [-0.15, -0.1) is 16.8 Å². The van der Waals surface area contributed by atoms with Crippen molar-refractivity contribution < 1.29 is 4.74 Å². The summed E-state index contributed by atoms with van der Waals surface area (Å²) in [6.45, 7) is 8.80. The summed E-state index contributed by atoms with van der Waals surface area (Å²) in [6.07, 6.45) is 1.85. The van der Waals surface area contributed by atoms with E-state index in [1.807, 2.05) is 32.1 Å². The van der Waals surface area contributed by atoms with Gasteiger partial charge in [-0.3, -0.25) is 4.57 Å². The van der Waals surface area contributed by atoms with Crippen molar-refractivity contribution in [3.05, 3.63) is 94.8 Å². The number of thioether (sulfide) groups is 1. The molecule has 6 heteroatoms. The average molecular weight is 450 g/mol. The number of hydrogen-bond donors (Lipinski definition) is 0. The van der Waals surface area contributed by atoms with E-state index in [0.717, 1.165) is 38.6 Å². The molecule has 0 radical (unpaired) electrons. The largest absolute Gasteiger partial charge is 0.486 e. The first-order valence-corrected chi connectivity index (χ1v) is 11.4. The lowest BCUT2D eigenvalue weighted by atomic mass is 10.1. The lowest BCUT2D eigenvalue weighted by Crippen LogP contribution is -2.07. The van der Waals surface area contributed by atoms with Crippen molar-refractivity contribution in [2.45, 2.75) is 37.9 Å². The summed E-state index contributed by atoms with van der Waals surface area (Å²) in [4.78, 5) is 0. The number of aryl methyl sites for hydroxylation is 2. The zero-order chi connectivity index (χ0) is 21.8. The number of rotatable bonds is 8. The molecule has 0 atom stereocenters. The third-order valence-electron chi connectivity index (χ3n) is 5.12. The molecule has 0 N–H and O–H groups in total. The molecule has 1 heterocycles. The molecule has 31 heavy (non-hydrogen) atoms. The van der Waals surface area contributed by atoms with Crippen LogP contribution >= 0.6 is 23.4 Å². The van der Waals surface area contributed by atoms with Crippen LogP contribution in [-0.2, 0) is 18.9 Å². The zero-order valence-electron chi connectivity index (χ0n) is 17.6. The molecule has 3 aromatic carbocycles. The summed E-state index contributed by atoms with van der Waals surface area (Å²) in [5.41, 5.74) is 3.27. The SMILES string of the molecule is C=CCn1c(COc2cc(C)c(Cl)c(C)c2)nnc1SCc1cccc2ccccc12. The highest BCUT2D eigenvalue weighted by atomic mass is 35.5. The van der Waals surface area contributed by atoms with Crippen LogP contribution in [0.4, 0.5) is 0 Å². The lowest BCUT2D eigenvalue weighted by molar-refractivity contribution is 0.289. The zero-order valence-corrected chi connectivity index (χ0v) is 19.2. The number of ether oxygens (including phenoxy) is 1. The Hall–Kier alpha value is -2.76. The van der Waals surface area contributed by atoms with Crippen LogP contribution in [0.3, 0.4) is 0 Å². The molecule has 4 nitrogen and oxygen atoms in total. The minimum absolute atomic E-state index is 0.330. The summed E-state index contributed by atoms with van der Waals surface area (Å²) in [5.74, 6) is 2.36. The molecule has 0 aliphatic heterocycles. The van der Waals surface area contributed by atoms with Gasteiger partial charge in [0.05, 0.1) is 0 Å². The lowest BCUT2D eigenvalue weighted by Gasteiger charge is -2.11. The molecule has 0 saturated heterocycles. The Morgan fingerprint density at radius 3 is 2.58 bits per heavy atom. The van der Waals surface area contributed by atoms with Gasteiger partial charge in [-0.25, -0.2) is 0 Å². The molecule has 0 fully saturated rings. The first kappa shape index (κ1) is 21.5. The van der Waals surface area contributed by atoms with Crippen LogP contribution in [0.25, 0.3) is 10.8 Å². The van der Waals surface area contributed by atoms with Gasteiger partial charge in [-0.05, 0) is 53.4 Å². The molecular formula is C25H24ClN3OS. The summed E-state index contributed by atoms with van der Waals surface area (Å²) >= 11 is 7.94. The number of allylic oxidation sites excluding steroid dienone is 1. The van der Waals surface area contributed by atoms with Gasteiger partial charge >= 0.3 is 0 Å². The van der Waals surface area contributed by atoms with E-state index in [2.05, 4.69) is 63.8 Å². The van der Waals surface area contributed by atoms with Crippen molar-refractivity contribution in [2.75, 3.05) is 0 Å². The monoisotopic (exact) mass is 449 g/mol. The number of benzene rings is 3. The van der Waals surface area contributed by atoms with Crippen molar-refractivity contribution in [1.29, 1.82) is 0 Å². The van der Waals surface area contributed by atoms with Gasteiger partial charge in [0.15, 0.2) is 11.0 Å². The Bertz CT molecular complexity index is 1210. The van der Waals surface area contributed by atoms with Crippen molar-refractivity contribution in [1.82, 2.24) is 14.8 Å². The van der Waals surface area contributed by atoms with E-state index < -0.39 is 0 Å². The van der Waals surface area contributed by atoms with Crippen LogP contribution in [-0.4, -0.2) is 14.8 Å². The Morgan fingerprint density at radius 2 is 1.81 bits per heavy atom. The molecule has 0 aliphatic carbocycles. The normalized spacial score (nSPS) is 11.1. The van der Waals surface area contributed by atoms with E-state index in [1.165, 1.54) is 16.3 Å². The average Bonchev–Trinajstić information content (AvgIpc) is 3.16. The molecular weight excluding hydrogens is 426 g/mol. The van der Waals surface area contributed by atoms with E-state index in [-0.39, 0.29) is 0 Å². The molecule has 1 aromatic heterocycles. The molecule has 0 saturated carbocycles. The van der Waals surface area contributed by atoms with E-state index in [9.17, 15) is 0 Å². The highest BCUT2D eigenvalue weighted by Crippen LogP contribution is 2.28. The molecule has 0 unspecified atom stereocenters. The third-order valence-corrected chi connectivity index (χ3v) is 6.73. The summed E-state index contributed by atoms with van der Waals surface area (Å²) in [7, 11) is 0. The number of nitrogens with zero attached hydrogens (tertiary/aromatic N) is 3. The number of aromatic nitrogens is 3. The van der Waals surface area contributed by atoms with Gasteiger partial charge in [-0.1, -0.05) is 71.9 Å². The van der Waals surface area contributed by atoms with E-state index in [4.69, 9.17) is 16.3 Å². The number of halogens is 1. The van der Waals surface area contributed by atoms with E-state index in [1.54, 1.807) is 11.8 Å². The Kier molecular flexibility index (Phi) is 6.64. The van der Waals surface area contributed by atoms with Crippen molar-refractivity contribution >= 4 is 34.1 Å². The first-order valence-electron chi connectivity index (χ1n) is 10.1. The first-order chi connectivity index (χ1) is 15.1. The van der Waals surface area contributed by atoms with Gasteiger partial charge in [0, 0.05) is 17.3 Å². The van der Waals surface area contributed by atoms with Gasteiger partial charge in [-0.2, -0.15) is 0 Å². The van der Waals surface area contributed by atoms with Crippen LogP contribution in [0.5, 0.6) is 5.75 Å². The summed E-state index contributed by atoms with van der Waals surface area (Å²) < 4.78 is 8.06. The molecule has 4 rings (SSSR count). The summed E-state index contributed by atoms with van der Waals surface area (Å²) in [5, 5.41) is 12.9. The van der Waals surface area contributed by atoms with Crippen molar-refractivity contribution in [3.63, 3.8) is 0 Å². The fraction of sp³-hybridized carbons (Fsp3) is 0.200. The topological polar surface area (TPSA) is 39.9 Å². The minimum Gasteiger partial charge on any atom is -0.486 e. The van der Waals surface area contributed by atoms with Crippen LogP contribution in [0.1, 0.15) is 22.5 Å². The minimum atomic E-state index is 0.330. The molecule has 0 spiro atoms. The van der Waals surface area contributed by atoms with Gasteiger partial charge in [0.1, 0.15) is 12.4 Å². The van der Waals surface area contributed by atoms with Crippen molar-refractivity contribution in [2.24, 2.45) is 0 Å². The second kappa shape index (κ2) is 9.58. The predicted octanol–water partition coefficient (Wildman–Crippen LogP) is 6.76. The highest BCUT2D eigenvalue weighted by Gasteiger charge is 2.14. The Labute approximate surface area is 191 Å². The van der Waals surface area contributed by atoms with E-state index in [0.29, 0.717) is 13.2 Å². The maximum absolute atomic E-state index is 6.26. The molecule has 4 aromatic rings. The standard InChI is InChI=1S/C25H24ClN3OS/c1-4-12-29-23(15-30-21-13-17(2)24(26)18(3)14-21)27-28-25(29)31-16-20-10-7-9-19-8-5-6-11-22(19)20/h4-11,13-14H,1,12,15-16H2,2-3H3. The number of fused-ring (bicyclic) bond motifs is 1. The predicted molar refractivity (Wildman–Crippen MR) is 129 cm³/mol. The van der Waals surface area contributed by atoms with Gasteiger partial charge in [0.2, 0.25) is 0 Å². The maximum Gasteiger partial charge on any atom is 0.191 e. The number of hydrogen-bond acceptors (Lipinski definition) is 4. The quantitative estimate of drug-likeness (QED) is 0.220. The second-order valence-corrected chi connectivity index (χ2v) is 8.71. The third kappa shape index (κ3) is 4.78. The van der Waals surface area contributed by atoms with Gasteiger partial charge < -0.3 is 4.74 Å². The van der Waals surface area contributed by atoms with E-state index >= 15 is 0 Å². The smallest absolute Gasteiger partial charge is 0.191 e. The molecule has 0 bridgehead atoms. The second-order valence-electron chi connectivity index (χ2n) is 7.38. The molecule has 0 amide bonds. The summed E-state index contributed by atoms with van der Waals surface area (Å²) in [6, 6.07) is 18.7. The van der Waals surface area contributed by atoms with Crippen LogP contribution in [0.2, 0.25) is 5.02 Å². The fourth-order valence-corrected chi connectivity index (χ4v) is 4.62. The Morgan fingerprint density at radius 1 is 1.06 bits per heavy atom. The fourth-order valence-electron chi connectivity index (χ4n) is 3.54. The maximum atomic E-state index is 6.26. The molecule has 158 valence electrons.